The number of ether oxygens (including phenoxy) is 1. The summed E-state index contributed by atoms with van der Waals surface area (Å²) in [7, 11) is 1.36. The Hall–Kier alpha value is -2.42. The van der Waals surface area contributed by atoms with E-state index in [9.17, 15) is 19.2 Å². The Balaban J connectivity index is 2.78. The molecule has 3 N–H and O–H groups in total. The SMILES string of the molecule is CNC(=O)NC(=O)C(C)OC(=O)c1sc(NC(=O)C(C)(C)C)cc1C. The quantitative estimate of drug-likeness (QED) is 0.703. The number of imide groups is 1. The standard InChI is InChI=1S/C16H23N3O5S/c1-8-7-10(18-14(22)16(3,4)5)25-11(8)13(21)24-9(2)12(20)19-15(23)17-6/h7,9H,1-6H3,(H,18,22)(H2,17,19,20,23). The summed E-state index contributed by atoms with van der Waals surface area (Å²) in [5, 5.41) is 7.53. The van der Waals surface area contributed by atoms with Crippen LogP contribution >= 0.6 is 11.3 Å². The molecule has 25 heavy (non-hydrogen) atoms. The van der Waals surface area contributed by atoms with E-state index in [1.54, 1.807) is 33.8 Å². The molecule has 1 aromatic heterocycles. The highest BCUT2D eigenvalue weighted by molar-refractivity contribution is 7.18. The molecule has 0 saturated heterocycles. The number of carbonyl (C=O) groups is 4. The molecular weight excluding hydrogens is 346 g/mol. The third-order valence-corrected chi connectivity index (χ3v) is 4.27. The average molecular weight is 369 g/mol. The Morgan fingerprint density at radius 2 is 1.80 bits per heavy atom. The number of thiophene rings is 1. The zero-order valence-corrected chi connectivity index (χ0v) is 15.9. The summed E-state index contributed by atoms with van der Waals surface area (Å²) in [4.78, 5) is 47.3. The minimum Gasteiger partial charge on any atom is -0.448 e. The first-order valence-electron chi connectivity index (χ1n) is 7.61. The number of amides is 4. The number of urea groups is 1. The van der Waals surface area contributed by atoms with E-state index >= 15 is 0 Å². The van der Waals surface area contributed by atoms with E-state index in [1.165, 1.54) is 14.0 Å². The van der Waals surface area contributed by atoms with Gasteiger partial charge in [-0.15, -0.1) is 11.3 Å². The van der Waals surface area contributed by atoms with E-state index in [4.69, 9.17) is 4.74 Å². The van der Waals surface area contributed by atoms with Crippen molar-refractivity contribution >= 4 is 40.2 Å². The van der Waals surface area contributed by atoms with Crippen LogP contribution in [-0.2, 0) is 14.3 Å². The number of aryl methyl sites for hydroxylation is 1. The lowest BCUT2D eigenvalue weighted by Crippen LogP contribution is -2.43. The van der Waals surface area contributed by atoms with Crippen molar-refractivity contribution < 1.29 is 23.9 Å². The summed E-state index contributed by atoms with van der Waals surface area (Å²) in [5.41, 5.74) is 0.0588. The fourth-order valence-electron chi connectivity index (χ4n) is 1.59. The third-order valence-electron chi connectivity index (χ3n) is 3.14. The fourth-order valence-corrected chi connectivity index (χ4v) is 2.54. The second-order valence-electron chi connectivity index (χ2n) is 6.44. The molecule has 0 bridgehead atoms. The van der Waals surface area contributed by atoms with Gasteiger partial charge in [0.25, 0.3) is 5.91 Å². The van der Waals surface area contributed by atoms with Gasteiger partial charge in [-0.3, -0.25) is 14.9 Å². The van der Waals surface area contributed by atoms with Crippen molar-refractivity contribution in [3.8, 4) is 0 Å². The molecule has 1 unspecified atom stereocenters. The van der Waals surface area contributed by atoms with Crippen LogP contribution in [0, 0.1) is 12.3 Å². The molecule has 0 saturated carbocycles. The molecule has 0 radical (unpaired) electrons. The lowest BCUT2D eigenvalue weighted by molar-refractivity contribution is -0.128. The number of hydrogen-bond donors (Lipinski definition) is 3. The highest BCUT2D eigenvalue weighted by atomic mass is 32.1. The molecule has 0 aromatic carbocycles. The van der Waals surface area contributed by atoms with Gasteiger partial charge in [0.05, 0.1) is 5.00 Å². The van der Waals surface area contributed by atoms with Gasteiger partial charge in [0, 0.05) is 12.5 Å². The van der Waals surface area contributed by atoms with E-state index in [-0.39, 0.29) is 10.8 Å². The molecular formula is C16H23N3O5S. The summed E-state index contributed by atoms with van der Waals surface area (Å²) in [6, 6.07) is 0.979. The van der Waals surface area contributed by atoms with Crippen LogP contribution in [0.2, 0.25) is 0 Å². The zero-order chi connectivity index (χ0) is 19.4. The third kappa shape index (κ3) is 5.86. The Morgan fingerprint density at radius 1 is 1.20 bits per heavy atom. The van der Waals surface area contributed by atoms with Crippen molar-refractivity contribution in [2.24, 2.45) is 5.41 Å². The maximum Gasteiger partial charge on any atom is 0.349 e. The van der Waals surface area contributed by atoms with Crippen molar-refractivity contribution in [1.82, 2.24) is 10.6 Å². The molecule has 0 fully saturated rings. The minimum absolute atomic E-state index is 0.174. The van der Waals surface area contributed by atoms with Gasteiger partial charge < -0.3 is 15.4 Å². The lowest BCUT2D eigenvalue weighted by Gasteiger charge is -2.16. The number of carbonyl (C=O) groups excluding carboxylic acids is 4. The van der Waals surface area contributed by atoms with Crippen LogP contribution in [0.1, 0.15) is 42.9 Å². The van der Waals surface area contributed by atoms with E-state index in [1.807, 2.05) is 5.32 Å². The lowest BCUT2D eigenvalue weighted by atomic mass is 9.96. The van der Waals surface area contributed by atoms with Crippen LogP contribution in [0.5, 0.6) is 0 Å². The largest absolute Gasteiger partial charge is 0.448 e. The molecule has 4 amide bonds. The van der Waals surface area contributed by atoms with Crippen molar-refractivity contribution in [2.75, 3.05) is 12.4 Å². The van der Waals surface area contributed by atoms with Crippen LogP contribution < -0.4 is 16.0 Å². The van der Waals surface area contributed by atoms with Crippen LogP contribution in [0.3, 0.4) is 0 Å². The summed E-state index contributed by atoms with van der Waals surface area (Å²) >= 11 is 1.07. The number of rotatable bonds is 4. The van der Waals surface area contributed by atoms with Gasteiger partial charge >= 0.3 is 12.0 Å². The molecule has 1 atom stereocenters. The van der Waals surface area contributed by atoms with Crippen molar-refractivity contribution in [3.05, 3.63) is 16.5 Å². The van der Waals surface area contributed by atoms with Crippen LogP contribution in [0.25, 0.3) is 0 Å². The molecule has 138 valence electrons. The summed E-state index contributed by atoms with van der Waals surface area (Å²) < 4.78 is 5.08. The second kappa shape index (κ2) is 8.11. The number of anilines is 1. The maximum absolute atomic E-state index is 12.2. The van der Waals surface area contributed by atoms with Gasteiger partial charge in [0.1, 0.15) is 4.88 Å². The molecule has 0 spiro atoms. The molecule has 1 heterocycles. The summed E-state index contributed by atoms with van der Waals surface area (Å²) in [6.07, 6.45) is -1.14. The van der Waals surface area contributed by atoms with Gasteiger partial charge in [-0.25, -0.2) is 9.59 Å². The topological polar surface area (TPSA) is 114 Å². The first kappa shape index (κ1) is 20.6. The molecule has 8 nitrogen and oxygen atoms in total. The van der Waals surface area contributed by atoms with Gasteiger partial charge in [0.2, 0.25) is 5.91 Å². The van der Waals surface area contributed by atoms with E-state index in [0.29, 0.717) is 10.6 Å². The number of hydrogen-bond acceptors (Lipinski definition) is 6. The first-order chi connectivity index (χ1) is 11.5. The summed E-state index contributed by atoms with van der Waals surface area (Å²) in [5.74, 6) is -1.60. The maximum atomic E-state index is 12.2. The van der Waals surface area contributed by atoms with Crippen molar-refractivity contribution in [2.45, 2.75) is 40.7 Å². The van der Waals surface area contributed by atoms with E-state index < -0.39 is 29.4 Å². The predicted molar refractivity (Wildman–Crippen MR) is 94.6 cm³/mol. The Bertz CT molecular complexity index is 690. The molecule has 0 aliphatic carbocycles. The Labute approximate surface area is 150 Å². The zero-order valence-electron chi connectivity index (χ0n) is 15.1. The number of nitrogens with one attached hydrogen (secondary N) is 3. The van der Waals surface area contributed by atoms with Crippen molar-refractivity contribution in [3.63, 3.8) is 0 Å². The summed E-state index contributed by atoms with van der Waals surface area (Å²) in [6.45, 7) is 8.41. The van der Waals surface area contributed by atoms with Crippen molar-refractivity contribution in [1.29, 1.82) is 0 Å². The van der Waals surface area contributed by atoms with Crippen LogP contribution in [0.15, 0.2) is 6.07 Å². The molecule has 1 aromatic rings. The van der Waals surface area contributed by atoms with E-state index in [0.717, 1.165) is 11.3 Å². The van der Waals surface area contributed by atoms with E-state index in [2.05, 4.69) is 10.6 Å². The molecule has 9 heteroatoms. The highest BCUT2D eigenvalue weighted by Gasteiger charge is 2.25. The highest BCUT2D eigenvalue weighted by Crippen LogP contribution is 2.29. The smallest absolute Gasteiger partial charge is 0.349 e. The molecule has 0 aliphatic rings. The Kier molecular flexibility index (Phi) is 6.69. The minimum atomic E-state index is -1.14. The Morgan fingerprint density at radius 3 is 2.32 bits per heavy atom. The second-order valence-corrected chi connectivity index (χ2v) is 7.50. The predicted octanol–water partition coefficient (Wildman–Crippen LogP) is 2.04. The monoisotopic (exact) mass is 369 g/mol. The van der Waals surface area contributed by atoms with Gasteiger partial charge in [-0.05, 0) is 25.5 Å². The van der Waals surface area contributed by atoms with Crippen LogP contribution in [-0.4, -0.2) is 37.0 Å². The van der Waals surface area contributed by atoms with Crippen LogP contribution in [0.4, 0.5) is 9.80 Å². The number of esters is 1. The van der Waals surface area contributed by atoms with Gasteiger partial charge in [-0.2, -0.15) is 0 Å². The average Bonchev–Trinajstić information content (AvgIpc) is 2.86. The molecule has 1 rings (SSSR count). The van der Waals surface area contributed by atoms with Gasteiger partial charge in [-0.1, -0.05) is 20.8 Å². The first-order valence-corrected chi connectivity index (χ1v) is 8.42. The van der Waals surface area contributed by atoms with Gasteiger partial charge in [0.15, 0.2) is 6.10 Å². The molecule has 0 aliphatic heterocycles. The normalized spacial score (nSPS) is 12.1. The fraction of sp³-hybridized carbons (Fsp3) is 0.500.